The number of nitrogens with two attached hydrogens (primary N) is 1. The SMILES string of the molecule is CCCC.CNCC(O)C(N)Cc1cc(F)cc(F)c1. The van der Waals surface area contributed by atoms with Gasteiger partial charge in [0.05, 0.1) is 6.10 Å². The first-order chi connectivity index (χ1) is 9.44. The lowest BCUT2D eigenvalue weighted by molar-refractivity contribution is 0.144. The third-order valence-corrected chi connectivity index (χ3v) is 2.80. The van der Waals surface area contributed by atoms with Crippen molar-refractivity contribution in [2.24, 2.45) is 5.73 Å². The summed E-state index contributed by atoms with van der Waals surface area (Å²) in [6.45, 7) is 4.71. The summed E-state index contributed by atoms with van der Waals surface area (Å²) in [5.41, 5.74) is 6.15. The van der Waals surface area contributed by atoms with Gasteiger partial charge in [0.2, 0.25) is 0 Å². The van der Waals surface area contributed by atoms with Gasteiger partial charge in [-0.2, -0.15) is 0 Å². The second-order valence-corrected chi connectivity index (χ2v) is 4.77. The second kappa shape index (κ2) is 10.7. The van der Waals surface area contributed by atoms with Gasteiger partial charge >= 0.3 is 0 Å². The molecule has 0 fully saturated rings. The molecule has 0 bridgehead atoms. The summed E-state index contributed by atoms with van der Waals surface area (Å²) in [5, 5.41) is 12.3. The summed E-state index contributed by atoms with van der Waals surface area (Å²) >= 11 is 0. The molecule has 0 aliphatic carbocycles. The van der Waals surface area contributed by atoms with Crippen molar-refractivity contribution in [3.05, 3.63) is 35.4 Å². The van der Waals surface area contributed by atoms with E-state index in [0.29, 0.717) is 12.1 Å². The number of aliphatic hydroxyl groups excluding tert-OH is 1. The van der Waals surface area contributed by atoms with E-state index in [2.05, 4.69) is 19.2 Å². The van der Waals surface area contributed by atoms with Crippen molar-refractivity contribution >= 4 is 0 Å². The van der Waals surface area contributed by atoms with E-state index in [-0.39, 0.29) is 6.42 Å². The van der Waals surface area contributed by atoms with Gasteiger partial charge in [-0.05, 0) is 31.2 Å². The molecule has 3 nitrogen and oxygen atoms in total. The standard InChI is InChI=1S/C11H16F2N2O.C4H10/c1-15-6-11(16)10(14)4-7-2-8(12)5-9(13)3-7;1-3-4-2/h2-3,5,10-11,15-16H,4,6,14H2,1H3;3-4H2,1-2H3. The number of hydrogen-bond acceptors (Lipinski definition) is 3. The summed E-state index contributed by atoms with van der Waals surface area (Å²) in [4.78, 5) is 0. The van der Waals surface area contributed by atoms with Crippen LogP contribution < -0.4 is 11.1 Å². The molecule has 0 heterocycles. The van der Waals surface area contributed by atoms with Gasteiger partial charge in [0, 0.05) is 18.7 Å². The van der Waals surface area contributed by atoms with Gasteiger partial charge in [-0.15, -0.1) is 0 Å². The van der Waals surface area contributed by atoms with Gasteiger partial charge < -0.3 is 16.2 Å². The summed E-state index contributed by atoms with van der Waals surface area (Å²) in [5.74, 6) is -1.27. The lowest BCUT2D eigenvalue weighted by Crippen LogP contribution is -2.42. The van der Waals surface area contributed by atoms with Crippen LogP contribution in [0.2, 0.25) is 0 Å². The van der Waals surface area contributed by atoms with Crippen LogP contribution in [0.3, 0.4) is 0 Å². The van der Waals surface area contributed by atoms with Crippen LogP contribution in [-0.2, 0) is 6.42 Å². The van der Waals surface area contributed by atoms with E-state index in [1.807, 2.05) is 0 Å². The Kier molecular flexibility index (Phi) is 10.2. The van der Waals surface area contributed by atoms with Crippen molar-refractivity contribution < 1.29 is 13.9 Å². The van der Waals surface area contributed by atoms with Gasteiger partial charge in [0.15, 0.2) is 0 Å². The number of unbranched alkanes of at least 4 members (excludes halogenated alkanes) is 1. The van der Waals surface area contributed by atoms with Crippen LogP contribution in [0, 0.1) is 11.6 Å². The average Bonchev–Trinajstić information content (AvgIpc) is 2.38. The molecule has 0 aliphatic heterocycles. The van der Waals surface area contributed by atoms with E-state index in [0.717, 1.165) is 6.07 Å². The zero-order chi connectivity index (χ0) is 15.5. The number of likely N-dealkylation sites (N-methyl/N-ethyl adjacent to an activating group) is 1. The summed E-state index contributed by atoms with van der Waals surface area (Å²) in [6, 6.07) is 2.69. The predicted octanol–water partition coefficient (Wildman–Crippen LogP) is 2.22. The minimum absolute atomic E-state index is 0.234. The monoisotopic (exact) mass is 288 g/mol. The van der Waals surface area contributed by atoms with E-state index in [4.69, 9.17) is 5.73 Å². The molecule has 0 saturated carbocycles. The van der Waals surface area contributed by atoms with E-state index in [9.17, 15) is 13.9 Å². The first kappa shape index (κ1) is 19.0. The Labute approximate surface area is 120 Å². The van der Waals surface area contributed by atoms with E-state index >= 15 is 0 Å². The molecule has 20 heavy (non-hydrogen) atoms. The number of hydrogen-bond donors (Lipinski definition) is 3. The molecule has 0 spiro atoms. The highest BCUT2D eigenvalue weighted by Crippen LogP contribution is 2.10. The fraction of sp³-hybridized carbons (Fsp3) is 0.600. The first-order valence-electron chi connectivity index (χ1n) is 6.97. The Balaban J connectivity index is 0.000000796. The van der Waals surface area contributed by atoms with Crippen LogP contribution in [-0.4, -0.2) is 30.8 Å². The van der Waals surface area contributed by atoms with E-state index < -0.39 is 23.8 Å². The molecule has 1 aromatic carbocycles. The fourth-order valence-corrected chi connectivity index (χ4v) is 1.50. The van der Waals surface area contributed by atoms with Crippen LogP contribution in [0.5, 0.6) is 0 Å². The number of halogens is 2. The van der Waals surface area contributed by atoms with Crippen LogP contribution in [0.1, 0.15) is 32.3 Å². The highest BCUT2D eigenvalue weighted by molar-refractivity contribution is 5.19. The van der Waals surface area contributed by atoms with Gasteiger partial charge in [0.1, 0.15) is 11.6 Å². The highest BCUT2D eigenvalue weighted by atomic mass is 19.1. The zero-order valence-electron chi connectivity index (χ0n) is 12.5. The van der Waals surface area contributed by atoms with Gasteiger partial charge in [-0.3, -0.25) is 0 Å². The fourth-order valence-electron chi connectivity index (χ4n) is 1.50. The van der Waals surface area contributed by atoms with Crippen LogP contribution in [0.15, 0.2) is 18.2 Å². The van der Waals surface area contributed by atoms with Crippen molar-refractivity contribution in [1.82, 2.24) is 5.32 Å². The van der Waals surface area contributed by atoms with Crippen molar-refractivity contribution in [3.63, 3.8) is 0 Å². The van der Waals surface area contributed by atoms with Crippen LogP contribution >= 0.6 is 0 Å². The molecular formula is C15H26F2N2O. The molecule has 5 heteroatoms. The maximum atomic E-state index is 12.9. The number of nitrogens with one attached hydrogen (secondary N) is 1. The average molecular weight is 288 g/mol. The molecule has 0 amide bonds. The smallest absolute Gasteiger partial charge is 0.126 e. The van der Waals surface area contributed by atoms with Crippen LogP contribution in [0.25, 0.3) is 0 Å². The van der Waals surface area contributed by atoms with Gasteiger partial charge in [0.25, 0.3) is 0 Å². The number of rotatable bonds is 6. The van der Waals surface area contributed by atoms with E-state index in [1.54, 1.807) is 7.05 Å². The second-order valence-electron chi connectivity index (χ2n) is 4.77. The first-order valence-corrected chi connectivity index (χ1v) is 6.97. The van der Waals surface area contributed by atoms with Crippen molar-refractivity contribution in [3.8, 4) is 0 Å². The predicted molar refractivity (Wildman–Crippen MR) is 78.6 cm³/mol. The quantitative estimate of drug-likeness (QED) is 0.752. The lowest BCUT2D eigenvalue weighted by Gasteiger charge is -2.18. The molecule has 116 valence electrons. The normalized spacial score (nSPS) is 13.3. The van der Waals surface area contributed by atoms with E-state index in [1.165, 1.54) is 25.0 Å². The Morgan fingerprint density at radius 3 is 2.05 bits per heavy atom. The third kappa shape index (κ3) is 8.19. The maximum Gasteiger partial charge on any atom is 0.126 e. The minimum Gasteiger partial charge on any atom is -0.390 e. The summed E-state index contributed by atoms with van der Waals surface area (Å²) in [7, 11) is 1.69. The number of benzene rings is 1. The van der Waals surface area contributed by atoms with Gasteiger partial charge in [-0.25, -0.2) is 8.78 Å². The Hall–Kier alpha value is -1.04. The molecule has 0 saturated heterocycles. The third-order valence-electron chi connectivity index (χ3n) is 2.80. The zero-order valence-corrected chi connectivity index (χ0v) is 12.5. The van der Waals surface area contributed by atoms with Crippen molar-refractivity contribution in [1.29, 1.82) is 0 Å². The molecule has 1 aromatic rings. The lowest BCUT2D eigenvalue weighted by atomic mass is 10.0. The Morgan fingerprint density at radius 1 is 1.15 bits per heavy atom. The highest BCUT2D eigenvalue weighted by Gasteiger charge is 2.15. The maximum absolute atomic E-state index is 12.9. The summed E-state index contributed by atoms with van der Waals surface area (Å²) < 4.78 is 25.7. The summed E-state index contributed by atoms with van der Waals surface area (Å²) in [6.07, 6.45) is 2.13. The molecule has 1 rings (SSSR count). The van der Waals surface area contributed by atoms with Crippen molar-refractivity contribution in [2.75, 3.05) is 13.6 Å². The molecule has 2 atom stereocenters. The molecule has 0 aromatic heterocycles. The Bertz CT molecular complexity index is 353. The Morgan fingerprint density at radius 2 is 1.65 bits per heavy atom. The van der Waals surface area contributed by atoms with Crippen LogP contribution in [0.4, 0.5) is 8.78 Å². The van der Waals surface area contributed by atoms with Gasteiger partial charge in [-0.1, -0.05) is 26.7 Å². The van der Waals surface area contributed by atoms with Crippen molar-refractivity contribution in [2.45, 2.75) is 45.3 Å². The number of aliphatic hydroxyl groups is 1. The topological polar surface area (TPSA) is 58.3 Å². The molecular weight excluding hydrogens is 262 g/mol. The molecule has 2 unspecified atom stereocenters. The largest absolute Gasteiger partial charge is 0.390 e. The molecule has 0 radical (unpaired) electrons. The molecule has 0 aliphatic rings. The molecule has 4 N–H and O–H groups in total. The minimum atomic E-state index is -0.740.